The van der Waals surface area contributed by atoms with Gasteiger partial charge in [-0.05, 0) is 58.7 Å². The summed E-state index contributed by atoms with van der Waals surface area (Å²) in [6.45, 7) is 18.3. The first kappa shape index (κ1) is 22.4. The lowest BCUT2D eigenvalue weighted by Gasteiger charge is -2.46. The largest absolute Gasteiger partial charge is 0.405 e. The van der Waals surface area contributed by atoms with Gasteiger partial charge in [0, 0.05) is 0 Å². The molecule has 3 heteroatoms. The molecule has 2 rings (SSSR count). The molecular formula is C24H39FOSi. The molecule has 0 amide bonds. The Morgan fingerprint density at radius 2 is 1.56 bits per heavy atom. The average molecular weight is 391 g/mol. The van der Waals surface area contributed by atoms with Crippen molar-refractivity contribution in [3.05, 3.63) is 47.8 Å². The molecule has 1 aromatic carbocycles. The van der Waals surface area contributed by atoms with Crippen molar-refractivity contribution >= 4 is 8.32 Å². The minimum absolute atomic E-state index is 0.191. The molecule has 152 valence electrons. The van der Waals surface area contributed by atoms with Crippen LogP contribution in [0, 0.1) is 11.7 Å². The van der Waals surface area contributed by atoms with E-state index < -0.39 is 8.32 Å². The van der Waals surface area contributed by atoms with Crippen LogP contribution >= 0.6 is 0 Å². The van der Waals surface area contributed by atoms with Gasteiger partial charge in [-0.3, -0.25) is 0 Å². The first-order valence-electron chi connectivity index (χ1n) is 10.8. The lowest BCUT2D eigenvalue weighted by Crippen LogP contribution is -2.49. The third-order valence-corrected chi connectivity index (χ3v) is 12.7. The van der Waals surface area contributed by atoms with E-state index in [1.807, 2.05) is 6.07 Å². The first-order valence-corrected chi connectivity index (χ1v) is 13.0. The molecule has 1 saturated carbocycles. The molecule has 0 heterocycles. The van der Waals surface area contributed by atoms with Crippen molar-refractivity contribution in [2.75, 3.05) is 0 Å². The van der Waals surface area contributed by atoms with Crippen molar-refractivity contribution in [2.45, 2.75) is 96.4 Å². The maximum absolute atomic E-state index is 14.1. The molecule has 0 bridgehead atoms. The number of hydrogen-bond donors (Lipinski definition) is 0. The molecule has 0 N–H and O–H groups in total. The van der Waals surface area contributed by atoms with Crippen LogP contribution < -0.4 is 0 Å². The molecule has 1 nitrogen and oxygen atoms in total. The van der Waals surface area contributed by atoms with Crippen molar-refractivity contribution in [3.8, 4) is 0 Å². The highest BCUT2D eigenvalue weighted by molar-refractivity contribution is 6.77. The summed E-state index contributed by atoms with van der Waals surface area (Å²) in [5.74, 6) is 0.300. The molecule has 1 unspecified atom stereocenters. The third-order valence-electron chi connectivity index (χ3n) is 6.65. The van der Waals surface area contributed by atoms with E-state index in [0.717, 1.165) is 5.56 Å². The van der Waals surface area contributed by atoms with E-state index in [1.54, 1.807) is 12.1 Å². The van der Waals surface area contributed by atoms with Crippen LogP contribution in [0.5, 0.6) is 0 Å². The zero-order valence-corrected chi connectivity index (χ0v) is 19.2. The van der Waals surface area contributed by atoms with Crippen LogP contribution in [0.15, 0.2) is 36.4 Å². The van der Waals surface area contributed by atoms with Gasteiger partial charge in [0.2, 0.25) is 8.32 Å². The summed E-state index contributed by atoms with van der Waals surface area (Å²) < 4.78 is 21.2. The molecular weight excluding hydrogens is 351 g/mol. The molecule has 1 aromatic rings. The Balaban J connectivity index is 2.46. The number of halogens is 1. The third kappa shape index (κ3) is 4.92. The lowest BCUT2D eigenvalue weighted by atomic mass is 9.81. The van der Waals surface area contributed by atoms with Crippen LogP contribution in [0.1, 0.15) is 85.3 Å². The molecule has 1 atom stereocenters. The maximum Gasteiger partial charge on any atom is 0.201 e. The Hall–Kier alpha value is -0.933. The van der Waals surface area contributed by atoms with E-state index in [1.165, 1.54) is 43.7 Å². The predicted molar refractivity (Wildman–Crippen MR) is 117 cm³/mol. The summed E-state index contributed by atoms with van der Waals surface area (Å²) in [4.78, 5) is 0. The van der Waals surface area contributed by atoms with Crippen molar-refractivity contribution in [3.63, 3.8) is 0 Å². The molecule has 1 aliphatic rings. The Kier molecular flexibility index (Phi) is 7.88. The van der Waals surface area contributed by atoms with E-state index >= 15 is 0 Å². The Morgan fingerprint density at radius 1 is 1.00 bits per heavy atom. The minimum Gasteiger partial charge on any atom is -0.405 e. The molecule has 1 fully saturated rings. The smallest absolute Gasteiger partial charge is 0.201 e. The highest BCUT2D eigenvalue weighted by atomic mass is 28.4. The van der Waals surface area contributed by atoms with Gasteiger partial charge < -0.3 is 4.43 Å². The normalized spacial score (nSPS) is 17.7. The predicted octanol–water partition coefficient (Wildman–Crippen LogP) is 8.20. The van der Waals surface area contributed by atoms with Gasteiger partial charge in [-0.25, -0.2) is 4.39 Å². The van der Waals surface area contributed by atoms with Gasteiger partial charge in [0.1, 0.15) is 5.82 Å². The van der Waals surface area contributed by atoms with Crippen molar-refractivity contribution in [2.24, 2.45) is 5.92 Å². The molecule has 0 aromatic heterocycles. The summed E-state index contributed by atoms with van der Waals surface area (Å²) in [7, 11) is -2.10. The van der Waals surface area contributed by atoms with Crippen LogP contribution in [-0.4, -0.2) is 8.32 Å². The highest BCUT2D eigenvalue weighted by Crippen LogP contribution is 2.48. The quantitative estimate of drug-likeness (QED) is 0.321. The van der Waals surface area contributed by atoms with Gasteiger partial charge in [0.05, 0.1) is 6.10 Å². The molecule has 0 saturated heterocycles. The van der Waals surface area contributed by atoms with Gasteiger partial charge in [-0.1, -0.05) is 79.5 Å². The second kappa shape index (κ2) is 9.51. The summed E-state index contributed by atoms with van der Waals surface area (Å²) in [6, 6.07) is 6.99. The SMILES string of the molecule is C=C(C1CCCCC1)C(O[Si](C(C)C)(C(C)C)C(C)C)c1cccc(F)c1. The fraction of sp³-hybridized carbons (Fsp3) is 0.667. The Morgan fingerprint density at radius 3 is 2.04 bits per heavy atom. The van der Waals surface area contributed by atoms with Crippen LogP contribution in [0.25, 0.3) is 0 Å². The van der Waals surface area contributed by atoms with Gasteiger partial charge in [0.15, 0.2) is 0 Å². The van der Waals surface area contributed by atoms with Crippen molar-refractivity contribution < 1.29 is 8.82 Å². The fourth-order valence-electron chi connectivity index (χ4n) is 5.33. The van der Waals surface area contributed by atoms with E-state index in [0.29, 0.717) is 22.5 Å². The monoisotopic (exact) mass is 390 g/mol. The molecule has 27 heavy (non-hydrogen) atoms. The van der Waals surface area contributed by atoms with Crippen LogP contribution in [-0.2, 0) is 4.43 Å². The van der Waals surface area contributed by atoms with Crippen LogP contribution in [0.2, 0.25) is 16.6 Å². The molecule has 0 spiro atoms. The maximum atomic E-state index is 14.1. The van der Waals surface area contributed by atoms with Crippen molar-refractivity contribution in [1.29, 1.82) is 0 Å². The zero-order chi connectivity index (χ0) is 20.2. The number of hydrogen-bond acceptors (Lipinski definition) is 1. The summed E-state index contributed by atoms with van der Waals surface area (Å²) in [5, 5.41) is 0. The average Bonchev–Trinajstić information content (AvgIpc) is 2.62. The molecule has 0 radical (unpaired) electrons. The Bertz CT molecular complexity index is 595. The second-order valence-corrected chi connectivity index (χ2v) is 14.7. The molecule has 1 aliphatic carbocycles. The Labute approximate surface area is 167 Å². The van der Waals surface area contributed by atoms with E-state index in [-0.39, 0.29) is 11.9 Å². The van der Waals surface area contributed by atoms with Crippen LogP contribution in [0.4, 0.5) is 4.39 Å². The standard InChI is InChI=1S/C24H39FOSi/c1-17(2)27(18(3)4,19(5)6)26-24(22-14-11-15-23(25)16-22)20(7)21-12-9-8-10-13-21/h11,14-19,21,24H,7-10,12-13H2,1-6H3. The summed E-state index contributed by atoms with van der Waals surface area (Å²) in [5.41, 5.74) is 3.58. The van der Waals surface area contributed by atoms with E-state index in [9.17, 15) is 4.39 Å². The van der Waals surface area contributed by atoms with E-state index in [4.69, 9.17) is 4.43 Å². The minimum atomic E-state index is -2.10. The topological polar surface area (TPSA) is 9.23 Å². The summed E-state index contributed by atoms with van der Waals surface area (Å²) in [6.07, 6.45) is 6.03. The lowest BCUT2D eigenvalue weighted by molar-refractivity contribution is 0.188. The number of benzene rings is 1. The highest BCUT2D eigenvalue weighted by Gasteiger charge is 2.47. The fourth-order valence-corrected chi connectivity index (χ4v) is 10.8. The van der Waals surface area contributed by atoms with Gasteiger partial charge >= 0.3 is 0 Å². The zero-order valence-electron chi connectivity index (χ0n) is 18.2. The summed E-state index contributed by atoms with van der Waals surface area (Å²) >= 11 is 0. The van der Waals surface area contributed by atoms with Gasteiger partial charge in [0.25, 0.3) is 0 Å². The van der Waals surface area contributed by atoms with Gasteiger partial charge in [-0.2, -0.15) is 0 Å². The number of rotatable bonds is 8. The second-order valence-electron chi connectivity index (χ2n) is 9.28. The molecule has 0 aliphatic heterocycles. The van der Waals surface area contributed by atoms with E-state index in [2.05, 4.69) is 48.1 Å². The first-order chi connectivity index (χ1) is 12.7. The van der Waals surface area contributed by atoms with Crippen LogP contribution in [0.3, 0.4) is 0 Å². The van der Waals surface area contributed by atoms with Crippen molar-refractivity contribution in [1.82, 2.24) is 0 Å². The van der Waals surface area contributed by atoms with Gasteiger partial charge in [-0.15, -0.1) is 0 Å².